The number of phenols is 1. The van der Waals surface area contributed by atoms with Crippen LogP contribution in [0.4, 0.5) is 15.3 Å². The van der Waals surface area contributed by atoms with Gasteiger partial charge in [-0.1, -0.05) is 30.3 Å². The fourth-order valence-corrected chi connectivity index (χ4v) is 8.30. The van der Waals surface area contributed by atoms with Gasteiger partial charge in [0.25, 0.3) is 5.91 Å². The van der Waals surface area contributed by atoms with Crippen LogP contribution in [0.15, 0.2) is 36.4 Å². The van der Waals surface area contributed by atoms with Crippen molar-refractivity contribution in [2.75, 3.05) is 64.3 Å². The number of urea groups is 1. The molecule has 53 heavy (non-hydrogen) atoms. The van der Waals surface area contributed by atoms with E-state index in [9.17, 15) is 24.3 Å². The first-order chi connectivity index (χ1) is 25.6. The summed E-state index contributed by atoms with van der Waals surface area (Å²) in [5, 5.41) is 13.4. The van der Waals surface area contributed by atoms with Gasteiger partial charge in [0, 0.05) is 70.0 Å². The third-order valence-corrected chi connectivity index (χ3v) is 11.3. The lowest BCUT2D eigenvalue weighted by Crippen LogP contribution is -2.53. The molecule has 0 saturated carbocycles. The van der Waals surface area contributed by atoms with E-state index in [1.54, 1.807) is 11.8 Å². The molecule has 1 atom stereocenters. The number of hydrogen-bond donors (Lipinski definition) is 2. The van der Waals surface area contributed by atoms with E-state index in [0.717, 1.165) is 62.0 Å². The minimum atomic E-state index is -1.01. The highest BCUT2D eigenvalue weighted by molar-refractivity contribution is 5.91. The van der Waals surface area contributed by atoms with Gasteiger partial charge in [-0.25, -0.2) is 14.4 Å². The van der Waals surface area contributed by atoms with E-state index in [1.807, 2.05) is 60.0 Å². The van der Waals surface area contributed by atoms with Crippen LogP contribution in [0.5, 0.6) is 5.75 Å². The zero-order valence-electron chi connectivity index (χ0n) is 31.4. The molecule has 2 aromatic rings. The van der Waals surface area contributed by atoms with Crippen LogP contribution in [0, 0.1) is 13.8 Å². The Labute approximate surface area is 312 Å². The fourth-order valence-electron chi connectivity index (χ4n) is 8.30. The van der Waals surface area contributed by atoms with E-state index in [4.69, 9.17) is 14.2 Å². The number of carbonyl (C=O) groups is 4. The minimum Gasteiger partial charge on any atom is -0.507 e. The standard InChI is InChI=1S/C40H55N5O8/c1-4-51-36(46)26-52-33-14-20-42(21-15-33)31-10-16-43(17-11-31)38(48)35(25-29-23-27(2)37(47)28(3)24-29)53-40(50)44-18-12-32(13-19-44)45-22-9-30-7-5-6-8-34(30)41-39(45)49/h5-8,23-24,31-33,35,47H,4,9-22,25-26H2,1-3H3,(H,41,49)/t35-/m1/s1. The second kappa shape index (κ2) is 17.6. The monoisotopic (exact) mass is 733 g/mol. The number of rotatable bonds is 10. The molecule has 13 heteroatoms. The molecule has 4 aliphatic heterocycles. The van der Waals surface area contributed by atoms with Crippen LogP contribution in [0.1, 0.15) is 67.7 Å². The number of carbonyl (C=O) groups excluding carboxylic acids is 4. The van der Waals surface area contributed by atoms with Crippen LogP contribution >= 0.6 is 0 Å². The van der Waals surface area contributed by atoms with Gasteiger partial charge in [-0.3, -0.25) is 4.79 Å². The van der Waals surface area contributed by atoms with Gasteiger partial charge in [0.1, 0.15) is 12.4 Å². The van der Waals surface area contributed by atoms with Crippen molar-refractivity contribution >= 4 is 29.7 Å². The van der Waals surface area contributed by atoms with E-state index < -0.39 is 12.2 Å². The number of benzene rings is 2. The van der Waals surface area contributed by atoms with Crippen LogP contribution in [-0.2, 0) is 36.6 Å². The van der Waals surface area contributed by atoms with Crippen LogP contribution < -0.4 is 5.32 Å². The number of nitrogens with zero attached hydrogens (tertiary/aromatic N) is 4. The number of aryl methyl sites for hydroxylation is 2. The number of ether oxygens (including phenoxy) is 3. The number of anilines is 1. The third-order valence-electron chi connectivity index (χ3n) is 11.3. The lowest BCUT2D eigenvalue weighted by Gasteiger charge is -2.42. The van der Waals surface area contributed by atoms with Crippen molar-refractivity contribution in [3.63, 3.8) is 0 Å². The highest BCUT2D eigenvalue weighted by atomic mass is 16.6. The SMILES string of the molecule is CCOC(=O)COC1CCN(C2CCN(C(=O)[C@@H](Cc3cc(C)c(O)c(C)c3)OC(=O)N3CCC(N4CCc5ccccc5NC4=O)CC3)CC2)CC1. The van der Waals surface area contributed by atoms with E-state index in [-0.39, 0.29) is 48.8 Å². The molecular formula is C40H55N5O8. The van der Waals surface area contributed by atoms with E-state index in [1.165, 1.54) is 0 Å². The van der Waals surface area contributed by atoms with E-state index in [2.05, 4.69) is 10.2 Å². The molecule has 4 aliphatic rings. The van der Waals surface area contributed by atoms with Crippen molar-refractivity contribution in [3.05, 3.63) is 58.7 Å². The topological polar surface area (TPSA) is 141 Å². The molecule has 13 nitrogen and oxygen atoms in total. The molecule has 6 rings (SSSR count). The van der Waals surface area contributed by atoms with Crippen molar-refractivity contribution in [1.29, 1.82) is 0 Å². The number of aromatic hydroxyl groups is 1. The summed E-state index contributed by atoms with van der Waals surface area (Å²) in [5.74, 6) is -0.321. The Morgan fingerprint density at radius 3 is 2.19 bits per heavy atom. The zero-order chi connectivity index (χ0) is 37.5. The molecule has 4 amide bonds. The fraction of sp³-hybridized carbons (Fsp3) is 0.600. The Morgan fingerprint density at radius 2 is 1.51 bits per heavy atom. The molecule has 288 valence electrons. The summed E-state index contributed by atoms with van der Waals surface area (Å²) in [5.41, 5.74) is 4.19. The van der Waals surface area contributed by atoms with Gasteiger partial charge in [-0.15, -0.1) is 0 Å². The molecule has 3 fully saturated rings. The first kappa shape index (κ1) is 38.4. The predicted octanol–water partition coefficient (Wildman–Crippen LogP) is 4.65. The quantitative estimate of drug-likeness (QED) is 0.334. The first-order valence-electron chi connectivity index (χ1n) is 19.3. The number of nitrogens with one attached hydrogen (secondary N) is 1. The number of para-hydroxylation sites is 1. The maximum atomic E-state index is 14.1. The Kier molecular flexibility index (Phi) is 12.8. The average Bonchev–Trinajstić information content (AvgIpc) is 3.34. The molecule has 4 heterocycles. The minimum absolute atomic E-state index is 0.00190. The first-order valence-corrected chi connectivity index (χ1v) is 19.3. The third kappa shape index (κ3) is 9.61. The van der Waals surface area contributed by atoms with Crippen molar-refractivity contribution in [2.45, 2.75) is 96.4 Å². The van der Waals surface area contributed by atoms with Crippen LogP contribution in [0.2, 0.25) is 0 Å². The largest absolute Gasteiger partial charge is 0.507 e. The molecule has 3 saturated heterocycles. The predicted molar refractivity (Wildman–Crippen MR) is 199 cm³/mol. The van der Waals surface area contributed by atoms with E-state index >= 15 is 0 Å². The maximum Gasteiger partial charge on any atom is 0.410 e. The van der Waals surface area contributed by atoms with Gasteiger partial charge in [0.2, 0.25) is 0 Å². The highest BCUT2D eigenvalue weighted by Crippen LogP contribution is 2.28. The number of fused-ring (bicyclic) bond motifs is 1. The average molecular weight is 734 g/mol. The van der Waals surface area contributed by atoms with Crippen molar-refractivity contribution in [3.8, 4) is 5.75 Å². The Bertz CT molecular complexity index is 1590. The molecule has 0 aromatic heterocycles. The maximum absolute atomic E-state index is 14.1. The molecule has 0 bridgehead atoms. The Morgan fingerprint density at radius 1 is 0.868 bits per heavy atom. The summed E-state index contributed by atoms with van der Waals surface area (Å²) in [4.78, 5) is 60.5. The normalized spacial score (nSPS) is 20.0. The zero-order valence-corrected chi connectivity index (χ0v) is 31.4. The summed E-state index contributed by atoms with van der Waals surface area (Å²) in [6.07, 6.45) is 4.05. The number of likely N-dealkylation sites (tertiary alicyclic amines) is 3. The Hall–Kier alpha value is -4.36. The Balaban J connectivity index is 1.03. The number of hydrogen-bond acceptors (Lipinski definition) is 9. The van der Waals surface area contributed by atoms with Crippen molar-refractivity contribution < 1.29 is 38.5 Å². The molecule has 2 N–H and O–H groups in total. The van der Waals surface area contributed by atoms with Gasteiger partial charge in [0.15, 0.2) is 6.10 Å². The van der Waals surface area contributed by atoms with Crippen LogP contribution in [0.3, 0.4) is 0 Å². The van der Waals surface area contributed by atoms with Gasteiger partial charge < -0.3 is 44.2 Å². The number of amides is 4. The molecular weight excluding hydrogens is 678 g/mol. The summed E-state index contributed by atoms with van der Waals surface area (Å²) < 4.78 is 16.8. The second-order valence-corrected chi connectivity index (χ2v) is 14.8. The molecule has 2 aromatic carbocycles. The summed E-state index contributed by atoms with van der Waals surface area (Å²) in [6, 6.07) is 11.8. The molecule has 0 spiro atoms. The molecule has 0 radical (unpaired) electrons. The van der Waals surface area contributed by atoms with Crippen molar-refractivity contribution in [1.82, 2.24) is 19.6 Å². The van der Waals surface area contributed by atoms with Gasteiger partial charge in [-0.2, -0.15) is 0 Å². The molecule has 0 unspecified atom stereocenters. The number of esters is 1. The van der Waals surface area contributed by atoms with Crippen LogP contribution in [0.25, 0.3) is 0 Å². The summed E-state index contributed by atoms with van der Waals surface area (Å²) >= 11 is 0. The molecule has 0 aliphatic carbocycles. The van der Waals surface area contributed by atoms with E-state index in [0.29, 0.717) is 69.3 Å². The summed E-state index contributed by atoms with van der Waals surface area (Å²) in [6.45, 7) is 10.1. The highest BCUT2D eigenvalue weighted by Gasteiger charge is 2.37. The smallest absolute Gasteiger partial charge is 0.410 e. The van der Waals surface area contributed by atoms with Gasteiger partial charge in [-0.05, 0) is 94.0 Å². The van der Waals surface area contributed by atoms with Gasteiger partial charge in [0.05, 0.1) is 12.7 Å². The lowest BCUT2D eigenvalue weighted by molar-refractivity contribution is -0.151. The number of phenolic OH excluding ortho intramolecular Hbond substituents is 1. The summed E-state index contributed by atoms with van der Waals surface area (Å²) in [7, 11) is 0. The van der Waals surface area contributed by atoms with Crippen LogP contribution in [-0.4, -0.2) is 132 Å². The second-order valence-electron chi connectivity index (χ2n) is 14.8. The van der Waals surface area contributed by atoms with Crippen molar-refractivity contribution in [2.24, 2.45) is 0 Å². The van der Waals surface area contributed by atoms with Gasteiger partial charge >= 0.3 is 18.1 Å². The lowest BCUT2D eigenvalue weighted by atomic mass is 9.97. The number of piperidine rings is 3.